The van der Waals surface area contributed by atoms with Gasteiger partial charge >= 0.3 is 0 Å². The Bertz CT molecular complexity index is 347. The van der Waals surface area contributed by atoms with Crippen molar-refractivity contribution in [2.45, 2.75) is 19.8 Å². The number of benzene rings is 1. The highest BCUT2D eigenvalue weighted by Gasteiger charge is 2.12. The molecule has 14 heavy (non-hydrogen) atoms. The Hall–Kier alpha value is -0.890. The molecule has 0 unspecified atom stereocenters. The minimum atomic E-state index is -0.500. The van der Waals surface area contributed by atoms with E-state index in [-0.39, 0.29) is 23.1 Å². The Morgan fingerprint density at radius 2 is 2.14 bits per heavy atom. The van der Waals surface area contributed by atoms with Crippen molar-refractivity contribution in [3.8, 4) is 0 Å². The molecule has 76 valence electrons. The molecule has 0 radical (unpaired) electrons. The smallest absolute Gasteiger partial charge is 0.180 e. The van der Waals surface area contributed by atoms with Crippen molar-refractivity contribution in [1.29, 1.82) is 0 Å². The number of halogens is 2. The van der Waals surface area contributed by atoms with E-state index in [1.807, 2.05) is 13.8 Å². The maximum absolute atomic E-state index is 13.2. The third-order valence-electron chi connectivity index (χ3n) is 2.08. The highest BCUT2D eigenvalue weighted by Crippen LogP contribution is 2.18. The normalized spacial score (nSPS) is 10.6. The largest absolute Gasteiger partial charge is 0.293 e. The van der Waals surface area contributed by atoms with Crippen LogP contribution in [0.15, 0.2) is 18.2 Å². The minimum absolute atomic E-state index is 0.0891. The third-order valence-corrected chi connectivity index (χ3v) is 2.32. The van der Waals surface area contributed by atoms with E-state index < -0.39 is 5.82 Å². The van der Waals surface area contributed by atoms with Gasteiger partial charge in [-0.25, -0.2) is 4.39 Å². The van der Waals surface area contributed by atoms with Crippen LogP contribution < -0.4 is 0 Å². The van der Waals surface area contributed by atoms with Crippen LogP contribution in [0.4, 0.5) is 4.39 Å². The quantitative estimate of drug-likeness (QED) is 0.557. The number of ketones is 1. The lowest BCUT2D eigenvalue weighted by molar-refractivity contribution is 0.101. The maximum Gasteiger partial charge on any atom is 0.180 e. The van der Waals surface area contributed by atoms with Gasteiger partial charge in [0.25, 0.3) is 0 Å². The fourth-order valence-electron chi connectivity index (χ4n) is 1.19. The van der Waals surface area contributed by atoms with Crippen LogP contribution in [0.2, 0.25) is 0 Å². The van der Waals surface area contributed by atoms with Gasteiger partial charge in [0.1, 0.15) is 5.82 Å². The molecule has 1 nitrogen and oxygen atoms in total. The number of alkyl halides is 1. The molecule has 0 spiro atoms. The van der Waals surface area contributed by atoms with Gasteiger partial charge < -0.3 is 0 Å². The topological polar surface area (TPSA) is 17.1 Å². The molecule has 0 saturated carbocycles. The summed E-state index contributed by atoms with van der Waals surface area (Å²) in [5.74, 6) is -0.775. The maximum atomic E-state index is 13.2. The van der Waals surface area contributed by atoms with E-state index in [9.17, 15) is 9.18 Å². The summed E-state index contributed by atoms with van der Waals surface area (Å²) in [6, 6.07) is 4.57. The van der Waals surface area contributed by atoms with E-state index in [0.29, 0.717) is 0 Å². The zero-order valence-electron chi connectivity index (χ0n) is 8.18. The summed E-state index contributed by atoms with van der Waals surface area (Å²) in [7, 11) is 0. The average molecular weight is 215 g/mol. The number of rotatable bonds is 3. The summed E-state index contributed by atoms with van der Waals surface area (Å²) in [5.41, 5.74) is 1.03. The minimum Gasteiger partial charge on any atom is -0.293 e. The summed E-state index contributed by atoms with van der Waals surface area (Å²) in [6.45, 7) is 3.98. The second-order valence-corrected chi connectivity index (χ2v) is 3.72. The Kier molecular flexibility index (Phi) is 3.64. The molecule has 0 amide bonds. The van der Waals surface area contributed by atoms with Gasteiger partial charge in [0.15, 0.2) is 5.78 Å². The van der Waals surface area contributed by atoms with Crippen molar-refractivity contribution in [2.75, 3.05) is 5.88 Å². The first-order valence-electron chi connectivity index (χ1n) is 4.45. The van der Waals surface area contributed by atoms with E-state index in [4.69, 9.17) is 11.6 Å². The molecule has 0 N–H and O–H groups in total. The average Bonchev–Trinajstić information content (AvgIpc) is 2.17. The summed E-state index contributed by atoms with van der Waals surface area (Å²) in [4.78, 5) is 11.2. The van der Waals surface area contributed by atoms with Crippen LogP contribution >= 0.6 is 11.6 Å². The molecule has 0 aliphatic rings. The first-order chi connectivity index (χ1) is 6.56. The summed E-state index contributed by atoms with van der Waals surface area (Å²) >= 11 is 5.37. The Morgan fingerprint density at radius 3 is 2.64 bits per heavy atom. The van der Waals surface area contributed by atoms with E-state index in [0.717, 1.165) is 5.56 Å². The summed E-state index contributed by atoms with van der Waals surface area (Å²) in [6.07, 6.45) is 0. The lowest BCUT2D eigenvalue weighted by atomic mass is 9.99. The Morgan fingerprint density at radius 1 is 1.50 bits per heavy atom. The van der Waals surface area contributed by atoms with Crippen LogP contribution in [0, 0.1) is 5.82 Å². The Balaban J connectivity index is 3.15. The molecule has 0 bridgehead atoms. The molecule has 0 saturated heterocycles. The van der Waals surface area contributed by atoms with Gasteiger partial charge in [-0.2, -0.15) is 0 Å². The lowest BCUT2D eigenvalue weighted by Crippen LogP contribution is -2.05. The van der Waals surface area contributed by atoms with E-state index >= 15 is 0 Å². The fraction of sp³-hybridized carbons (Fsp3) is 0.364. The molecule has 1 aromatic rings. The molecular formula is C11H12ClFO. The van der Waals surface area contributed by atoms with E-state index in [2.05, 4.69) is 0 Å². The van der Waals surface area contributed by atoms with Crippen molar-refractivity contribution >= 4 is 17.4 Å². The molecule has 1 rings (SSSR count). The molecule has 0 aliphatic heterocycles. The van der Waals surface area contributed by atoms with Gasteiger partial charge in [-0.15, -0.1) is 11.6 Å². The number of hydrogen-bond acceptors (Lipinski definition) is 1. The molecule has 0 aromatic heterocycles. The van der Waals surface area contributed by atoms with Crippen molar-refractivity contribution < 1.29 is 9.18 Å². The molecule has 0 aliphatic carbocycles. The van der Waals surface area contributed by atoms with Crippen LogP contribution in [0.3, 0.4) is 0 Å². The van der Waals surface area contributed by atoms with E-state index in [1.54, 1.807) is 12.1 Å². The van der Waals surface area contributed by atoms with Gasteiger partial charge in [0, 0.05) is 0 Å². The first kappa shape index (κ1) is 11.2. The number of carbonyl (C=O) groups excluding carboxylic acids is 1. The van der Waals surface area contributed by atoms with Gasteiger partial charge in [-0.3, -0.25) is 4.79 Å². The monoisotopic (exact) mass is 214 g/mol. The molecule has 1 aromatic carbocycles. The van der Waals surface area contributed by atoms with Crippen molar-refractivity contribution in [3.05, 3.63) is 35.1 Å². The molecule has 0 atom stereocenters. The molecule has 0 heterocycles. The summed E-state index contributed by atoms with van der Waals surface area (Å²) in [5, 5.41) is 0. The number of hydrogen-bond donors (Lipinski definition) is 0. The highest BCUT2D eigenvalue weighted by molar-refractivity contribution is 6.30. The van der Waals surface area contributed by atoms with Crippen LogP contribution in [-0.2, 0) is 0 Å². The van der Waals surface area contributed by atoms with Gasteiger partial charge in [-0.05, 0) is 23.6 Å². The predicted octanol–water partition coefficient (Wildman–Crippen LogP) is 3.37. The third kappa shape index (κ3) is 2.32. The molecule has 0 fully saturated rings. The number of carbonyl (C=O) groups is 1. The van der Waals surface area contributed by atoms with Gasteiger partial charge in [-0.1, -0.05) is 19.9 Å². The van der Waals surface area contributed by atoms with Crippen LogP contribution in [0.5, 0.6) is 0 Å². The second-order valence-electron chi connectivity index (χ2n) is 3.45. The zero-order chi connectivity index (χ0) is 10.7. The fourth-order valence-corrected chi connectivity index (χ4v) is 1.33. The van der Waals surface area contributed by atoms with Crippen molar-refractivity contribution in [3.63, 3.8) is 0 Å². The lowest BCUT2D eigenvalue weighted by Gasteiger charge is -2.07. The predicted molar refractivity (Wildman–Crippen MR) is 55.5 cm³/mol. The second kappa shape index (κ2) is 4.56. The summed E-state index contributed by atoms with van der Waals surface area (Å²) < 4.78 is 13.2. The Labute approximate surface area is 87.9 Å². The highest BCUT2D eigenvalue weighted by atomic mass is 35.5. The number of Topliss-reactive ketones (excluding diaryl/α,β-unsaturated/α-hetero) is 1. The molecule has 3 heteroatoms. The van der Waals surface area contributed by atoms with Gasteiger partial charge in [0.05, 0.1) is 11.4 Å². The first-order valence-corrected chi connectivity index (χ1v) is 4.98. The van der Waals surface area contributed by atoms with Crippen LogP contribution in [-0.4, -0.2) is 11.7 Å². The van der Waals surface area contributed by atoms with Crippen LogP contribution in [0.1, 0.15) is 35.7 Å². The van der Waals surface area contributed by atoms with Crippen molar-refractivity contribution in [1.82, 2.24) is 0 Å². The van der Waals surface area contributed by atoms with Gasteiger partial charge in [0.2, 0.25) is 0 Å². The van der Waals surface area contributed by atoms with Crippen LogP contribution in [0.25, 0.3) is 0 Å². The zero-order valence-corrected chi connectivity index (χ0v) is 8.94. The molecular weight excluding hydrogens is 203 g/mol. The van der Waals surface area contributed by atoms with Crippen molar-refractivity contribution in [2.24, 2.45) is 0 Å². The SMILES string of the molecule is CC(C)c1ccc(F)c(C(=O)CCl)c1. The van der Waals surface area contributed by atoms with E-state index in [1.165, 1.54) is 6.07 Å². The standard InChI is InChI=1S/C11H12ClFO/c1-7(2)8-3-4-10(13)9(5-8)11(14)6-12/h3-5,7H,6H2,1-2H3.